The lowest BCUT2D eigenvalue weighted by atomic mass is 10.1. The fourth-order valence-corrected chi connectivity index (χ4v) is 8.85. The fourth-order valence-electron chi connectivity index (χ4n) is 6.06. The maximum Gasteiger partial charge on any atom is 0.305 e. The second kappa shape index (κ2) is 15.7. The average Bonchev–Trinajstić information content (AvgIpc) is 3.53. The molecular weight excluding hydrogens is 733 g/mol. The number of nitrogens with one attached hydrogen (secondary N) is 2. The number of methoxy groups -OCH3 is 2. The molecule has 4 aromatic rings. The Morgan fingerprint density at radius 1 is 0.704 bits per heavy atom. The molecule has 2 saturated heterocycles. The average molecular weight is 771 g/mol. The Balaban J connectivity index is 1.32. The molecule has 4 atom stereocenters. The topological polar surface area (TPSA) is 184 Å². The van der Waals surface area contributed by atoms with Gasteiger partial charge in [-0.1, -0.05) is 60.7 Å². The molecule has 2 aliphatic rings. The van der Waals surface area contributed by atoms with Crippen molar-refractivity contribution in [3.05, 3.63) is 96.1 Å². The number of ether oxygens (including phenoxy) is 2. The highest BCUT2D eigenvalue weighted by atomic mass is 32.2. The molecule has 6 rings (SSSR count). The summed E-state index contributed by atoms with van der Waals surface area (Å²) in [4.78, 5) is 48.9. The van der Waals surface area contributed by atoms with E-state index in [0.29, 0.717) is 22.3 Å². The Bertz CT molecular complexity index is 1980. The lowest BCUT2D eigenvalue weighted by Gasteiger charge is -2.33. The zero-order valence-electron chi connectivity index (χ0n) is 29.8. The number of aliphatic carboxylic acids is 2. The van der Waals surface area contributed by atoms with Crippen molar-refractivity contribution in [2.24, 2.45) is 0 Å². The monoisotopic (exact) mass is 770 g/mol. The van der Waals surface area contributed by atoms with E-state index < -0.39 is 44.0 Å². The van der Waals surface area contributed by atoms with Gasteiger partial charge < -0.3 is 19.7 Å². The third kappa shape index (κ3) is 8.09. The molecule has 1 aromatic heterocycles. The number of fused-ring (bicyclic) bond motifs is 1. The number of carboxylic acid groups (broad SMARTS) is 2. The molecule has 2 fully saturated rings. The molecule has 2 amide bonds. The Hall–Kier alpha value is -5.74. The number of carbonyl (C=O) groups is 4. The number of benzene rings is 3. The summed E-state index contributed by atoms with van der Waals surface area (Å²) in [5.41, 5.74) is 7.95. The van der Waals surface area contributed by atoms with Crippen LogP contribution in [0.3, 0.4) is 0 Å². The number of rotatable bonds is 14. The number of hydrazine groups is 2. The molecule has 0 aliphatic carbocycles. The molecule has 280 valence electrons. The number of hydrogen-bond donors (Lipinski definition) is 4. The molecule has 4 unspecified atom stereocenters. The minimum atomic E-state index is -1.10. The highest BCUT2D eigenvalue weighted by Gasteiger charge is 2.50. The first-order valence-corrected chi connectivity index (χ1v) is 18.5. The zero-order valence-corrected chi connectivity index (χ0v) is 31.4. The van der Waals surface area contributed by atoms with Crippen LogP contribution >= 0.6 is 23.5 Å². The van der Waals surface area contributed by atoms with E-state index in [1.54, 1.807) is 52.3 Å². The molecule has 54 heavy (non-hydrogen) atoms. The van der Waals surface area contributed by atoms with Gasteiger partial charge in [0.25, 0.3) is 11.8 Å². The molecule has 0 radical (unpaired) electrons. The first kappa shape index (κ1) is 38.0. The van der Waals surface area contributed by atoms with Crippen LogP contribution < -0.4 is 20.3 Å². The van der Waals surface area contributed by atoms with E-state index in [2.05, 4.69) is 21.0 Å². The number of anilines is 2. The van der Waals surface area contributed by atoms with Crippen molar-refractivity contribution in [3.63, 3.8) is 0 Å². The van der Waals surface area contributed by atoms with Crippen molar-refractivity contribution in [1.82, 2.24) is 20.2 Å². The van der Waals surface area contributed by atoms with E-state index in [0.717, 1.165) is 11.1 Å². The van der Waals surface area contributed by atoms with Crippen molar-refractivity contribution < 1.29 is 38.9 Å². The third-order valence-corrected chi connectivity index (χ3v) is 11.8. The van der Waals surface area contributed by atoms with Crippen molar-refractivity contribution in [2.45, 2.75) is 46.9 Å². The molecule has 3 aromatic carbocycles. The van der Waals surface area contributed by atoms with Crippen LogP contribution in [-0.4, -0.2) is 88.6 Å². The van der Waals surface area contributed by atoms with Crippen LogP contribution in [0.15, 0.2) is 84.9 Å². The van der Waals surface area contributed by atoms with Gasteiger partial charge in [-0.25, -0.2) is 10.0 Å². The van der Waals surface area contributed by atoms with Crippen molar-refractivity contribution in [3.8, 4) is 11.5 Å². The number of carbonyl (C=O) groups excluding carboxylic acids is 2. The van der Waals surface area contributed by atoms with E-state index in [-0.39, 0.29) is 24.5 Å². The molecule has 3 heterocycles. The standard InChI is InChI=1S/C38H38N6O8S2/c1-37(19-17-23-9-13-25(51-3)14-10-23)43(35(49)29(53-37)21-31(45)46)41-33-27-7-5-6-8-28(27)34(40-39-33)42-44-36(50)30(22-32(47)48)54-38(44,2)20-18-24-11-15-26(52-4)16-12-24/h5-20,29-30H,21-22H2,1-4H3,(H,39,41)(H,40,42)(H,45,46)(H,47,48)/b19-17+,20-18+. The highest BCUT2D eigenvalue weighted by Crippen LogP contribution is 2.46. The van der Waals surface area contributed by atoms with E-state index in [1.165, 1.54) is 33.5 Å². The van der Waals surface area contributed by atoms with E-state index in [9.17, 15) is 29.4 Å². The van der Waals surface area contributed by atoms with Crippen LogP contribution in [0.2, 0.25) is 0 Å². The van der Waals surface area contributed by atoms with Crippen LogP contribution in [0, 0.1) is 0 Å². The Morgan fingerprint density at radius 2 is 1.07 bits per heavy atom. The van der Waals surface area contributed by atoms with E-state index in [1.807, 2.05) is 72.8 Å². The van der Waals surface area contributed by atoms with E-state index >= 15 is 0 Å². The molecular formula is C38H38N6O8S2. The SMILES string of the molecule is COc1ccc(/C=C/C2(C)SC(CC(=O)O)C(=O)N2Nc2nnc(NN3C(=O)C(CC(=O)O)SC3(C)/C=C/c3ccc(OC)cc3)c3ccccc23)cc1. The number of amides is 2. The summed E-state index contributed by atoms with van der Waals surface area (Å²) in [5.74, 6) is -1.26. The first-order valence-electron chi connectivity index (χ1n) is 16.7. The number of carboxylic acids is 2. The largest absolute Gasteiger partial charge is 0.497 e. The lowest BCUT2D eigenvalue weighted by Crippen LogP contribution is -2.46. The van der Waals surface area contributed by atoms with Gasteiger partial charge in [-0.15, -0.1) is 33.7 Å². The summed E-state index contributed by atoms with van der Waals surface area (Å²) in [6, 6.07) is 21.9. The molecule has 14 nitrogen and oxygen atoms in total. The van der Waals surface area contributed by atoms with Crippen LogP contribution in [0.5, 0.6) is 11.5 Å². The van der Waals surface area contributed by atoms with Crippen LogP contribution in [0.1, 0.15) is 37.8 Å². The summed E-state index contributed by atoms with van der Waals surface area (Å²) in [7, 11) is 3.16. The third-order valence-electron chi connectivity index (χ3n) is 8.89. The Kier molecular flexibility index (Phi) is 11.0. The highest BCUT2D eigenvalue weighted by molar-refractivity contribution is 8.02. The van der Waals surface area contributed by atoms with Crippen molar-refractivity contribution >= 4 is 81.8 Å². The van der Waals surface area contributed by atoms with Gasteiger partial charge in [-0.05, 0) is 61.4 Å². The minimum absolute atomic E-state index is 0.221. The van der Waals surface area contributed by atoms with Crippen LogP contribution in [0.25, 0.3) is 22.9 Å². The first-order chi connectivity index (χ1) is 25.8. The van der Waals surface area contributed by atoms with Gasteiger partial charge in [0, 0.05) is 10.8 Å². The number of thioether (sulfide) groups is 2. The lowest BCUT2D eigenvalue weighted by molar-refractivity contribution is -0.140. The number of aromatic nitrogens is 2. The maximum atomic E-state index is 13.8. The molecule has 2 aliphatic heterocycles. The molecule has 0 saturated carbocycles. The Morgan fingerprint density at radius 3 is 1.41 bits per heavy atom. The minimum Gasteiger partial charge on any atom is -0.497 e. The van der Waals surface area contributed by atoms with E-state index in [4.69, 9.17) is 9.47 Å². The van der Waals surface area contributed by atoms with Gasteiger partial charge in [0.2, 0.25) is 0 Å². The normalized spacial score (nSPS) is 22.7. The summed E-state index contributed by atoms with van der Waals surface area (Å²) >= 11 is 2.41. The molecule has 4 N–H and O–H groups in total. The predicted octanol–water partition coefficient (Wildman–Crippen LogP) is 6.00. The maximum absolute atomic E-state index is 13.8. The number of hydrogen-bond acceptors (Lipinski definition) is 12. The quantitative estimate of drug-likeness (QED) is 0.117. The summed E-state index contributed by atoms with van der Waals surface area (Å²) < 4.78 is 10.5. The number of nitrogens with zero attached hydrogens (tertiary/aromatic N) is 4. The van der Waals surface area contributed by atoms with Gasteiger partial charge >= 0.3 is 11.9 Å². The molecule has 0 spiro atoms. The zero-order chi connectivity index (χ0) is 38.6. The second-order valence-electron chi connectivity index (χ2n) is 12.7. The predicted molar refractivity (Wildman–Crippen MR) is 209 cm³/mol. The summed E-state index contributed by atoms with van der Waals surface area (Å²) in [6.45, 7) is 3.61. The van der Waals surface area contributed by atoms with Gasteiger partial charge in [-0.3, -0.25) is 30.0 Å². The van der Waals surface area contributed by atoms with Gasteiger partial charge in [0.15, 0.2) is 11.6 Å². The van der Waals surface area contributed by atoms with Gasteiger partial charge in [-0.2, -0.15) is 0 Å². The van der Waals surface area contributed by atoms with Crippen molar-refractivity contribution in [1.29, 1.82) is 0 Å². The fraction of sp³-hybridized carbons (Fsp3) is 0.263. The van der Waals surface area contributed by atoms with Crippen LogP contribution in [-0.2, 0) is 19.2 Å². The summed E-state index contributed by atoms with van der Waals surface area (Å²) in [6.07, 6.45) is 6.58. The molecule has 16 heteroatoms. The van der Waals surface area contributed by atoms with Gasteiger partial charge in [0.1, 0.15) is 21.2 Å². The van der Waals surface area contributed by atoms with Crippen molar-refractivity contribution in [2.75, 3.05) is 25.1 Å². The molecule has 0 bridgehead atoms. The van der Waals surface area contributed by atoms with Gasteiger partial charge in [0.05, 0.1) is 37.6 Å². The summed E-state index contributed by atoms with van der Waals surface area (Å²) in [5, 5.41) is 30.1. The Labute approximate surface area is 319 Å². The smallest absolute Gasteiger partial charge is 0.305 e. The second-order valence-corrected chi connectivity index (χ2v) is 16.0. The van der Waals surface area contributed by atoms with Crippen LogP contribution in [0.4, 0.5) is 11.6 Å².